The number of imide groups is 2. The van der Waals surface area contributed by atoms with Crippen molar-refractivity contribution in [3.05, 3.63) is 24.3 Å². The van der Waals surface area contributed by atoms with Crippen LogP contribution < -0.4 is 0 Å². The van der Waals surface area contributed by atoms with Gasteiger partial charge >= 0.3 is 0 Å². The van der Waals surface area contributed by atoms with Gasteiger partial charge in [0.15, 0.2) is 0 Å². The average Bonchev–Trinajstić information content (AvgIpc) is 3.08. The third-order valence-corrected chi connectivity index (χ3v) is 4.56. The summed E-state index contributed by atoms with van der Waals surface area (Å²) in [7, 11) is 0. The van der Waals surface area contributed by atoms with Crippen LogP contribution in [0, 0.1) is 0 Å². The zero-order chi connectivity index (χ0) is 18.1. The van der Waals surface area contributed by atoms with E-state index in [-0.39, 0.29) is 23.6 Å². The largest absolute Gasteiger partial charge is 0.275 e. The Hall–Kier alpha value is -2.24. The lowest BCUT2D eigenvalue weighted by Gasteiger charge is -2.13. The van der Waals surface area contributed by atoms with Gasteiger partial charge in [0.1, 0.15) is 0 Å². The number of amides is 4. The minimum absolute atomic E-state index is 0.196. The molecule has 4 amide bonds. The van der Waals surface area contributed by atoms with Crippen LogP contribution in [-0.4, -0.2) is 46.5 Å². The summed E-state index contributed by atoms with van der Waals surface area (Å²) < 4.78 is 0. The van der Waals surface area contributed by atoms with E-state index in [1.54, 1.807) is 0 Å². The van der Waals surface area contributed by atoms with Crippen molar-refractivity contribution in [2.45, 2.75) is 57.8 Å². The molecule has 6 heteroatoms. The van der Waals surface area contributed by atoms with Gasteiger partial charge in [0.05, 0.1) is 0 Å². The van der Waals surface area contributed by atoms with Crippen LogP contribution in [0.2, 0.25) is 0 Å². The standard InChI is InChI=1S/C19H26N2O4/c22-16-10-11-17(23)20(16)14-8-6-4-2-1-3-5-7-9-15-21-18(24)12-13-19(21)25/h10-13H,1-9,14-15H2. The first-order valence-electron chi connectivity index (χ1n) is 9.16. The maximum absolute atomic E-state index is 11.4. The molecule has 0 aliphatic carbocycles. The number of nitrogens with zero attached hydrogens (tertiary/aromatic N) is 2. The molecule has 0 atom stereocenters. The molecular formula is C19H26N2O4. The first kappa shape index (κ1) is 19.1. The quantitative estimate of drug-likeness (QED) is 0.401. The van der Waals surface area contributed by atoms with E-state index in [1.807, 2.05) is 0 Å². The highest BCUT2D eigenvalue weighted by Crippen LogP contribution is 2.12. The lowest BCUT2D eigenvalue weighted by molar-refractivity contribution is -0.138. The summed E-state index contributed by atoms with van der Waals surface area (Å²) in [6.45, 7) is 1.04. The molecule has 6 nitrogen and oxygen atoms in total. The van der Waals surface area contributed by atoms with Crippen LogP contribution in [0.1, 0.15) is 57.8 Å². The van der Waals surface area contributed by atoms with Crippen LogP contribution in [-0.2, 0) is 19.2 Å². The van der Waals surface area contributed by atoms with Crippen LogP contribution in [0.5, 0.6) is 0 Å². The minimum atomic E-state index is -0.196. The van der Waals surface area contributed by atoms with E-state index in [2.05, 4.69) is 0 Å². The van der Waals surface area contributed by atoms with Gasteiger partial charge in [-0.05, 0) is 12.8 Å². The van der Waals surface area contributed by atoms with Gasteiger partial charge in [-0.1, -0.05) is 44.9 Å². The molecule has 0 fully saturated rings. The highest BCUT2D eigenvalue weighted by atomic mass is 16.2. The summed E-state index contributed by atoms with van der Waals surface area (Å²) in [6.07, 6.45) is 14.8. The van der Waals surface area contributed by atoms with Crippen molar-refractivity contribution in [3.8, 4) is 0 Å². The molecule has 0 aromatic rings. The van der Waals surface area contributed by atoms with Crippen molar-refractivity contribution < 1.29 is 19.2 Å². The van der Waals surface area contributed by atoms with Crippen molar-refractivity contribution in [1.29, 1.82) is 0 Å². The Labute approximate surface area is 148 Å². The van der Waals surface area contributed by atoms with Crippen molar-refractivity contribution in [1.82, 2.24) is 9.80 Å². The van der Waals surface area contributed by atoms with Crippen LogP contribution in [0.15, 0.2) is 24.3 Å². The second-order valence-corrected chi connectivity index (χ2v) is 6.50. The normalized spacial score (nSPS) is 16.8. The van der Waals surface area contributed by atoms with Crippen LogP contribution >= 0.6 is 0 Å². The van der Waals surface area contributed by atoms with Gasteiger partial charge in [-0.2, -0.15) is 0 Å². The Morgan fingerprint density at radius 1 is 0.440 bits per heavy atom. The first-order chi connectivity index (χ1) is 12.1. The number of hydrogen-bond donors (Lipinski definition) is 0. The Morgan fingerprint density at radius 2 is 0.680 bits per heavy atom. The zero-order valence-corrected chi connectivity index (χ0v) is 14.6. The lowest BCUT2D eigenvalue weighted by atomic mass is 10.1. The van der Waals surface area contributed by atoms with Crippen LogP contribution in [0.3, 0.4) is 0 Å². The molecule has 0 aromatic carbocycles. The summed E-state index contributed by atoms with van der Waals surface area (Å²) in [5, 5.41) is 0. The van der Waals surface area contributed by atoms with Crippen molar-refractivity contribution in [3.63, 3.8) is 0 Å². The third-order valence-electron chi connectivity index (χ3n) is 4.56. The highest BCUT2D eigenvalue weighted by molar-refractivity contribution is 6.13. The molecule has 0 spiro atoms. The van der Waals surface area contributed by atoms with Crippen molar-refractivity contribution >= 4 is 23.6 Å². The minimum Gasteiger partial charge on any atom is -0.275 e. The molecule has 0 aromatic heterocycles. The highest BCUT2D eigenvalue weighted by Gasteiger charge is 2.22. The van der Waals surface area contributed by atoms with Gasteiger partial charge < -0.3 is 0 Å². The molecule has 0 saturated carbocycles. The smallest absolute Gasteiger partial charge is 0.253 e. The van der Waals surface area contributed by atoms with E-state index < -0.39 is 0 Å². The number of rotatable bonds is 12. The van der Waals surface area contributed by atoms with E-state index in [1.165, 1.54) is 40.5 Å². The van der Waals surface area contributed by atoms with Gasteiger partial charge in [0.25, 0.3) is 23.6 Å². The Balaban J connectivity index is 1.37. The molecule has 2 aliphatic heterocycles. The summed E-state index contributed by atoms with van der Waals surface area (Å²) in [6, 6.07) is 0. The van der Waals surface area contributed by atoms with Gasteiger partial charge in [-0.25, -0.2) is 0 Å². The average molecular weight is 346 g/mol. The van der Waals surface area contributed by atoms with Crippen LogP contribution in [0.4, 0.5) is 0 Å². The van der Waals surface area contributed by atoms with E-state index >= 15 is 0 Å². The molecule has 2 heterocycles. The first-order valence-corrected chi connectivity index (χ1v) is 9.16. The predicted molar refractivity (Wildman–Crippen MR) is 93.3 cm³/mol. The van der Waals surface area contributed by atoms with E-state index in [0.717, 1.165) is 51.4 Å². The lowest BCUT2D eigenvalue weighted by Crippen LogP contribution is -2.30. The fraction of sp³-hybridized carbons (Fsp3) is 0.579. The van der Waals surface area contributed by atoms with Gasteiger partial charge in [0.2, 0.25) is 0 Å². The molecule has 0 N–H and O–H groups in total. The molecule has 2 aliphatic rings. The van der Waals surface area contributed by atoms with Gasteiger partial charge in [-0.3, -0.25) is 29.0 Å². The van der Waals surface area contributed by atoms with Gasteiger partial charge in [-0.15, -0.1) is 0 Å². The van der Waals surface area contributed by atoms with Crippen LogP contribution in [0.25, 0.3) is 0 Å². The summed E-state index contributed by atoms with van der Waals surface area (Å²) in [5.74, 6) is -0.785. The van der Waals surface area contributed by atoms with E-state index in [0.29, 0.717) is 13.1 Å². The molecule has 0 bridgehead atoms. The van der Waals surface area contributed by atoms with Crippen molar-refractivity contribution in [2.75, 3.05) is 13.1 Å². The second-order valence-electron chi connectivity index (χ2n) is 6.50. The molecule has 0 radical (unpaired) electrons. The SMILES string of the molecule is O=C1C=CC(=O)N1CCCCCCCCCCCN1C(=O)C=CC1=O. The zero-order valence-electron chi connectivity index (χ0n) is 14.6. The number of hydrogen-bond acceptors (Lipinski definition) is 4. The van der Waals surface area contributed by atoms with Gasteiger partial charge in [0, 0.05) is 37.4 Å². The number of carbonyl (C=O) groups excluding carboxylic acids is 4. The summed E-state index contributed by atoms with van der Waals surface area (Å²) in [4.78, 5) is 48.1. The number of unbranched alkanes of at least 4 members (excludes halogenated alkanes) is 8. The van der Waals surface area contributed by atoms with E-state index in [4.69, 9.17) is 0 Å². The fourth-order valence-electron chi connectivity index (χ4n) is 3.08. The molecule has 0 unspecified atom stereocenters. The molecule has 136 valence electrons. The Morgan fingerprint density at radius 3 is 0.960 bits per heavy atom. The summed E-state index contributed by atoms with van der Waals surface area (Å²) >= 11 is 0. The Bertz CT molecular complexity index is 494. The fourth-order valence-corrected chi connectivity index (χ4v) is 3.08. The third kappa shape index (κ3) is 5.96. The topological polar surface area (TPSA) is 74.8 Å². The maximum Gasteiger partial charge on any atom is 0.253 e. The van der Waals surface area contributed by atoms with Crippen molar-refractivity contribution in [2.24, 2.45) is 0 Å². The molecule has 0 saturated heterocycles. The molecular weight excluding hydrogens is 320 g/mol. The number of carbonyl (C=O) groups is 4. The second kappa shape index (κ2) is 9.91. The predicted octanol–water partition coefficient (Wildman–Crippen LogP) is 2.35. The molecule has 2 rings (SSSR count). The maximum atomic E-state index is 11.4. The van der Waals surface area contributed by atoms with E-state index in [9.17, 15) is 19.2 Å². The summed E-state index contributed by atoms with van der Waals surface area (Å²) in [5.41, 5.74) is 0. The molecule has 25 heavy (non-hydrogen) atoms. The Kier molecular flexibility index (Phi) is 7.57. The monoisotopic (exact) mass is 346 g/mol.